The van der Waals surface area contributed by atoms with E-state index in [0.29, 0.717) is 15.9 Å². The number of carbonyl (C=O) groups excluding carboxylic acids is 1. The van der Waals surface area contributed by atoms with Crippen molar-refractivity contribution in [3.05, 3.63) is 57.0 Å². The molecule has 9 heteroatoms. The summed E-state index contributed by atoms with van der Waals surface area (Å²) < 4.78 is 1.23. The van der Waals surface area contributed by atoms with Gasteiger partial charge in [0, 0.05) is 30.9 Å². The van der Waals surface area contributed by atoms with Crippen molar-refractivity contribution >= 4 is 38.9 Å². The molecule has 28 heavy (non-hydrogen) atoms. The first-order valence-corrected chi connectivity index (χ1v) is 10.4. The van der Waals surface area contributed by atoms with Crippen LogP contribution in [0.3, 0.4) is 0 Å². The molecule has 0 unspecified atom stereocenters. The van der Waals surface area contributed by atoms with Crippen LogP contribution in [0.5, 0.6) is 0 Å². The quantitative estimate of drug-likeness (QED) is 0.705. The van der Waals surface area contributed by atoms with Crippen molar-refractivity contribution < 1.29 is 4.79 Å². The van der Waals surface area contributed by atoms with E-state index in [4.69, 9.17) is 11.6 Å². The molecule has 1 aromatic carbocycles. The van der Waals surface area contributed by atoms with Crippen molar-refractivity contribution in [2.45, 2.75) is 26.3 Å². The molecule has 0 radical (unpaired) electrons. The van der Waals surface area contributed by atoms with Gasteiger partial charge in [0.2, 0.25) is 10.1 Å². The van der Waals surface area contributed by atoms with Gasteiger partial charge < -0.3 is 10.2 Å². The van der Waals surface area contributed by atoms with Crippen LogP contribution in [0.2, 0.25) is 5.02 Å². The lowest BCUT2D eigenvalue weighted by molar-refractivity contribution is 0.0948. The number of benzene rings is 1. The third kappa shape index (κ3) is 3.74. The van der Waals surface area contributed by atoms with Gasteiger partial charge in [-0.1, -0.05) is 48.1 Å². The fraction of sp³-hybridized carbons (Fsp3) is 0.368. The predicted molar refractivity (Wildman–Crippen MR) is 110 cm³/mol. The normalized spacial score (nSPS) is 17.1. The lowest BCUT2D eigenvalue weighted by atomic mass is 10.0. The van der Waals surface area contributed by atoms with Gasteiger partial charge >= 0.3 is 0 Å². The topological polar surface area (TPSA) is 79.6 Å². The van der Waals surface area contributed by atoms with Crippen molar-refractivity contribution in [1.82, 2.24) is 19.9 Å². The van der Waals surface area contributed by atoms with E-state index < -0.39 is 11.5 Å². The molecule has 1 N–H and O–H groups in total. The summed E-state index contributed by atoms with van der Waals surface area (Å²) >= 11 is 7.48. The second-order valence-corrected chi connectivity index (χ2v) is 8.37. The molecule has 3 heterocycles. The van der Waals surface area contributed by atoms with Crippen molar-refractivity contribution in [3.63, 3.8) is 0 Å². The Morgan fingerprint density at radius 2 is 2.21 bits per heavy atom. The van der Waals surface area contributed by atoms with Crippen LogP contribution in [0.25, 0.3) is 4.96 Å². The van der Waals surface area contributed by atoms with Gasteiger partial charge in [-0.25, -0.2) is 4.98 Å². The molecule has 2 aromatic heterocycles. The number of halogens is 1. The molecule has 1 amide bonds. The van der Waals surface area contributed by atoms with Gasteiger partial charge in [-0.2, -0.15) is 4.52 Å². The van der Waals surface area contributed by atoms with E-state index in [1.807, 2.05) is 18.2 Å². The minimum absolute atomic E-state index is 0.0339. The fourth-order valence-corrected chi connectivity index (χ4v) is 4.43. The zero-order chi connectivity index (χ0) is 19.7. The molecular weight excluding hydrogens is 398 g/mol. The van der Waals surface area contributed by atoms with Crippen LogP contribution in [0, 0.1) is 5.92 Å². The Hall–Kier alpha value is -2.45. The lowest BCUT2D eigenvalue weighted by Gasteiger charge is -2.30. The van der Waals surface area contributed by atoms with Crippen LogP contribution >= 0.6 is 22.9 Å². The van der Waals surface area contributed by atoms with E-state index in [0.717, 1.165) is 30.2 Å². The number of hydrogen-bond acceptors (Lipinski definition) is 6. The van der Waals surface area contributed by atoms with Crippen LogP contribution in [0.15, 0.2) is 35.3 Å². The van der Waals surface area contributed by atoms with Crippen LogP contribution in [-0.4, -0.2) is 33.6 Å². The molecule has 1 aliphatic heterocycles. The molecule has 146 valence electrons. The molecule has 0 bridgehead atoms. The van der Waals surface area contributed by atoms with E-state index >= 15 is 0 Å². The number of aromatic nitrogens is 3. The maximum absolute atomic E-state index is 12.8. The van der Waals surface area contributed by atoms with Gasteiger partial charge in [0.05, 0.1) is 0 Å². The van der Waals surface area contributed by atoms with Crippen molar-refractivity contribution in [1.29, 1.82) is 0 Å². The maximum atomic E-state index is 12.8. The number of amides is 1. The number of nitrogens with one attached hydrogen (secondary N) is 1. The fourth-order valence-electron chi connectivity index (χ4n) is 3.34. The number of carbonyl (C=O) groups is 1. The molecule has 0 saturated carbocycles. The number of fused-ring (bicyclic) bond motifs is 1. The number of anilines is 1. The minimum atomic E-state index is -0.493. The molecule has 1 saturated heterocycles. The maximum Gasteiger partial charge on any atom is 0.288 e. The average molecular weight is 418 g/mol. The Bertz CT molecular complexity index is 1080. The molecule has 1 atom stereocenters. The predicted octanol–water partition coefficient (Wildman–Crippen LogP) is 2.97. The molecule has 3 aromatic rings. The first-order valence-electron chi connectivity index (χ1n) is 9.18. The van der Waals surface area contributed by atoms with Gasteiger partial charge in [-0.15, -0.1) is 5.10 Å². The van der Waals surface area contributed by atoms with Crippen molar-refractivity contribution in [3.8, 4) is 0 Å². The first-order chi connectivity index (χ1) is 13.5. The number of hydrogen-bond donors (Lipinski definition) is 1. The Labute approximate surface area is 171 Å². The molecule has 7 nitrogen and oxygen atoms in total. The summed E-state index contributed by atoms with van der Waals surface area (Å²) in [6, 6.07) is 7.24. The third-order valence-corrected chi connectivity index (χ3v) is 6.20. The highest BCUT2D eigenvalue weighted by Gasteiger charge is 2.22. The third-order valence-electron chi connectivity index (χ3n) is 4.85. The van der Waals surface area contributed by atoms with Crippen LogP contribution < -0.4 is 15.8 Å². The molecule has 4 rings (SSSR count). The zero-order valence-corrected chi connectivity index (χ0v) is 17.0. The Balaban J connectivity index is 1.56. The van der Waals surface area contributed by atoms with Gasteiger partial charge in [-0.3, -0.25) is 9.59 Å². The van der Waals surface area contributed by atoms with Crippen molar-refractivity contribution in [2.75, 3.05) is 18.0 Å². The molecule has 0 spiro atoms. The highest BCUT2D eigenvalue weighted by Crippen LogP contribution is 2.26. The summed E-state index contributed by atoms with van der Waals surface area (Å²) in [5.41, 5.74) is 0.282. The van der Waals surface area contributed by atoms with E-state index in [2.05, 4.69) is 27.2 Å². The Kier molecular flexibility index (Phi) is 5.32. The molecular formula is C19H20ClN5O2S. The highest BCUT2D eigenvalue weighted by molar-refractivity contribution is 7.20. The smallest absolute Gasteiger partial charge is 0.288 e. The molecule has 1 fully saturated rings. The average Bonchev–Trinajstić information content (AvgIpc) is 3.13. The number of nitrogens with zero attached hydrogens (tertiary/aromatic N) is 4. The lowest BCUT2D eigenvalue weighted by Crippen LogP contribution is -2.34. The number of piperidine rings is 1. The van der Waals surface area contributed by atoms with Gasteiger partial charge in [0.15, 0.2) is 0 Å². The van der Waals surface area contributed by atoms with E-state index in [1.54, 1.807) is 6.07 Å². The Morgan fingerprint density at radius 3 is 3.00 bits per heavy atom. The second-order valence-electron chi connectivity index (χ2n) is 7.02. The monoisotopic (exact) mass is 417 g/mol. The van der Waals surface area contributed by atoms with E-state index in [1.165, 1.54) is 28.5 Å². The van der Waals surface area contributed by atoms with Crippen LogP contribution in [-0.2, 0) is 6.54 Å². The summed E-state index contributed by atoms with van der Waals surface area (Å²) in [5.74, 6) is 0.101. The highest BCUT2D eigenvalue weighted by atomic mass is 35.5. The van der Waals surface area contributed by atoms with E-state index in [9.17, 15) is 9.59 Å². The summed E-state index contributed by atoms with van der Waals surface area (Å²) in [6.07, 6.45) is 3.63. The van der Waals surface area contributed by atoms with Gasteiger partial charge in [-0.05, 0) is 30.4 Å². The van der Waals surface area contributed by atoms with Gasteiger partial charge in [0.25, 0.3) is 11.5 Å². The van der Waals surface area contributed by atoms with Crippen molar-refractivity contribution in [2.24, 2.45) is 5.92 Å². The largest absolute Gasteiger partial charge is 0.348 e. The van der Waals surface area contributed by atoms with Crippen LogP contribution in [0.4, 0.5) is 5.13 Å². The summed E-state index contributed by atoms with van der Waals surface area (Å²) in [6.45, 7) is 4.28. The van der Waals surface area contributed by atoms with Crippen LogP contribution in [0.1, 0.15) is 35.7 Å². The SMILES string of the molecule is C[C@@H]1CCCN(c2nn3c(=O)c(C(=O)NCc4ccccc4Cl)cnc3s2)C1. The first kappa shape index (κ1) is 18.9. The van der Waals surface area contributed by atoms with Gasteiger partial charge in [0.1, 0.15) is 5.56 Å². The second kappa shape index (κ2) is 7.89. The molecule has 0 aliphatic carbocycles. The zero-order valence-electron chi connectivity index (χ0n) is 15.4. The van der Waals surface area contributed by atoms with E-state index in [-0.39, 0.29) is 12.1 Å². The number of rotatable bonds is 4. The standard InChI is InChI=1S/C19H20ClN5O2S/c1-12-5-4-8-24(11-12)19-23-25-17(27)14(10-22-18(25)28-19)16(26)21-9-13-6-2-3-7-15(13)20/h2-3,6-7,10,12H,4-5,8-9,11H2,1H3,(H,21,26)/t12-/m1/s1. The summed E-state index contributed by atoms with van der Waals surface area (Å²) in [4.78, 5) is 32.2. The summed E-state index contributed by atoms with van der Waals surface area (Å²) in [7, 11) is 0. The summed E-state index contributed by atoms with van der Waals surface area (Å²) in [5, 5.41) is 8.49. The Morgan fingerprint density at radius 1 is 1.39 bits per heavy atom. The molecule has 1 aliphatic rings. The minimum Gasteiger partial charge on any atom is -0.348 e.